The van der Waals surface area contributed by atoms with Crippen LogP contribution in [0, 0.1) is 0 Å². The summed E-state index contributed by atoms with van der Waals surface area (Å²) in [5, 5.41) is 12.7. The molecule has 3 nitrogen and oxygen atoms in total. The second kappa shape index (κ2) is 5.80. The quantitative estimate of drug-likeness (QED) is 0.678. The molecule has 0 heterocycles. The van der Waals surface area contributed by atoms with Crippen molar-refractivity contribution in [3.8, 4) is 0 Å². The van der Waals surface area contributed by atoms with Crippen molar-refractivity contribution in [1.82, 2.24) is 10.2 Å². The van der Waals surface area contributed by atoms with E-state index in [1.807, 2.05) is 20.9 Å². The molecule has 0 saturated carbocycles. The summed E-state index contributed by atoms with van der Waals surface area (Å²) < 4.78 is 0. The van der Waals surface area contributed by atoms with E-state index < -0.39 is 0 Å². The first-order valence-corrected chi connectivity index (χ1v) is 5.82. The van der Waals surface area contributed by atoms with Gasteiger partial charge in [0.25, 0.3) is 0 Å². The summed E-state index contributed by atoms with van der Waals surface area (Å²) >= 11 is 0. The number of aliphatic hydroxyl groups is 1. The molecule has 0 unspecified atom stereocenters. The van der Waals surface area contributed by atoms with Crippen LogP contribution in [0.1, 0.15) is 34.6 Å². The van der Waals surface area contributed by atoms with E-state index in [-0.39, 0.29) is 17.7 Å². The van der Waals surface area contributed by atoms with Crippen molar-refractivity contribution in [2.45, 2.75) is 45.7 Å². The SMILES string of the molecule is C=C(CNC(C)(C)C)CN(C)C(C)(C)CO. The fraction of sp³-hybridized carbons (Fsp3) is 0.846. The monoisotopic (exact) mass is 228 g/mol. The molecule has 0 aliphatic carbocycles. The highest BCUT2D eigenvalue weighted by molar-refractivity contribution is 5.02. The van der Waals surface area contributed by atoms with Crippen molar-refractivity contribution in [3.05, 3.63) is 12.2 Å². The Bertz CT molecular complexity index is 229. The average molecular weight is 228 g/mol. The molecule has 0 saturated heterocycles. The molecular weight excluding hydrogens is 200 g/mol. The molecule has 0 aliphatic rings. The zero-order chi connectivity index (χ0) is 13.0. The van der Waals surface area contributed by atoms with Crippen LogP contribution in [0.15, 0.2) is 12.2 Å². The predicted octanol–water partition coefficient (Wildman–Crippen LogP) is 1.63. The third-order valence-electron chi connectivity index (χ3n) is 2.75. The maximum absolute atomic E-state index is 9.25. The van der Waals surface area contributed by atoms with Gasteiger partial charge in [0.2, 0.25) is 0 Å². The highest BCUT2D eigenvalue weighted by Gasteiger charge is 2.22. The molecule has 0 atom stereocenters. The number of nitrogens with zero attached hydrogens (tertiary/aromatic N) is 1. The first kappa shape index (κ1) is 15.6. The summed E-state index contributed by atoms with van der Waals surface area (Å²) in [5.41, 5.74) is 1.07. The van der Waals surface area contributed by atoms with Gasteiger partial charge in [-0.25, -0.2) is 0 Å². The summed E-state index contributed by atoms with van der Waals surface area (Å²) in [6, 6.07) is 0. The van der Waals surface area contributed by atoms with E-state index in [1.54, 1.807) is 0 Å². The number of likely N-dealkylation sites (N-methyl/N-ethyl adjacent to an activating group) is 1. The van der Waals surface area contributed by atoms with Crippen LogP contribution in [0.4, 0.5) is 0 Å². The van der Waals surface area contributed by atoms with Crippen molar-refractivity contribution >= 4 is 0 Å². The van der Waals surface area contributed by atoms with Gasteiger partial charge in [-0.15, -0.1) is 0 Å². The van der Waals surface area contributed by atoms with Gasteiger partial charge < -0.3 is 10.4 Å². The molecule has 16 heavy (non-hydrogen) atoms. The minimum absolute atomic E-state index is 0.119. The fourth-order valence-electron chi connectivity index (χ4n) is 1.12. The smallest absolute Gasteiger partial charge is 0.0610 e. The van der Waals surface area contributed by atoms with E-state index in [0.29, 0.717) is 0 Å². The molecule has 0 aromatic rings. The Kier molecular flexibility index (Phi) is 5.66. The summed E-state index contributed by atoms with van der Waals surface area (Å²) in [6.07, 6.45) is 0. The largest absolute Gasteiger partial charge is 0.394 e. The fourth-order valence-corrected chi connectivity index (χ4v) is 1.12. The Morgan fingerprint density at radius 1 is 1.25 bits per heavy atom. The van der Waals surface area contributed by atoms with Crippen molar-refractivity contribution in [2.75, 3.05) is 26.7 Å². The molecule has 0 aromatic carbocycles. The molecule has 0 rings (SSSR count). The van der Waals surface area contributed by atoms with Crippen molar-refractivity contribution in [1.29, 1.82) is 0 Å². The third kappa shape index (κ3) is 6.26. The number of aliphatic hydroxyl groups excluding tert-OH is 1. The second-order valence-electron chi connectivity index (χ2n) is 6.18. The lowest BCUT2D eigenvalue weighted by Crippen LogP contribution is -2.46. The Morgan fingerprint density at radius 3 is 2.12 bits per heavy atom. The summed E-state index contributed by atoms with van der Waals surface area (Å²) in [4.78, 5) is 2.12. The lowest BCUT2D eigenvalue weighted by Gasteiger charge is -2.34. The molecule has 0 amide bonds. The van der Waals surface area contributed by atoms with Crippen LogP contribution in [-0.2, 0) is 0 Å². The van der Waals surface area contributed by atoms with Gasteiger partial charge in [0.15, 0.2) is 0 Å². The van der Waals surface area contributed by atoms with Gasteiger partial charge in [-0.3, -0.25) is 4.90 Å². The average Bonchev–Trinajstić information content (AvgIpc) is 2.13. The standard InChI is InChI=1S/C13H28N2O/c1-11(8-14-12(2,3)4)9-15(7)13(5,6)10-16/h14,16H,1,8-10H2,2-7H3. The van der Waals surface area contributed by atoms with Crippen LogP contribution in [0.25, 0.3) is 0 Å². The van der Waals surface area contributed by atoms with Crippen LogP contribution >= 0.6 is 0 Å². The number of nitrogens with one attached hydrogen (secondary N) is 1. The van der Waals surface area contributed by atoms with Gasteiger partial charge in [0.1, 0.15) is 0 Å². The molecule has 0 aromatic heterocycles. The van der Waals surface area contributed by atoms with E-state index in [0.717, 1.165) is 18.7 Å². The van der Waals surface area contributed by atoms with Gasteiger partial charge >= 0.3 is 0 Å². The summed E-state index contributed by atoms with van der Waals surface area (Å²) in [5.74, 6) is 0. The van der Waals surface area contributed by atoms with E-state index in [1.165, 1.54) is 0 Å². The zero-order valence-corrected chi connectivity index (χ0v) is 11.7. The lowest BCUT2D eigenvalue weighted by molar-refractivity contribution is 0.0861. The first-order chi connectivity index (χ1) is 7.08. The van der Waals surface area contributed by atoms with E-state index >= 15 is 0 Å². The summed E-state index contributed by atoms with van der Waals surface area (Å²) in [6.45, 7) is 16.3. The second-order valence-corrected chi connectivity index (χ2v) is 6.18. The minimum Gasteiger partial charge on any atom is -0.394 e. The van der Waals surface area contributed by atoms with Crippen LogP contribution in [0.5, 0.6) is 0 Å². The Labute approximate surface area is 101 Å². The molecule has 0 aliphatic heterocycles. The maximum Gasteiger partial charge on any atom is 0.0610 e. The van der Waals surface area contributed by atoms with Crippen LogP contribution in [0.2, 0.25) is 0 Å². The normalized spacial score (nSPS) is 13.2. The Morgan fingerprint density at radius 2 is 1.75 bits per heavy atom. The van der Waals surface area contributed by atoms with E-state index in [4.69, 9.17) is 0 Å². The van der Waals surface area contributed by atoms with Crippen molar-refractivity contribution in [3.63, 3.8) is 0 Å². The molecule has 0 spiro atoms. The highest BCUT2D eigenvalue weighted by atomic mass is 16.3. The Balaban J connectivity index is 4.07. The van der Waals surface area contributed by atoms with Gasteiger partial charge in [-0.2, -0.15) is 0 Å². The Hall–Kier alpha value is -0.380. The van der Waals surface area contributed by atoms with Crippen LogP contribution < -0.4 is 5.32 Å². The molecule has 2 N–H and O–H groups in total. The van der Waals surface area contributed by atoms with Crippen LogP contribution in [0.3, 0.4) is 0 Å². The van der Waals surface area contributed by atoms with Gasteiger partial charge in [0.05, 0.1) is 6.61 Å². The number of hydrogen-bond donors (Lipinski definition) is 2. The minimum atomic E-state index is -0.190. The maximum atomic E-state index is 9.25. The lowest BCUT2D eigenvalue weighted by atomic mass is 10.0. The number of hydrogen-bond acceptors (Lipinski definition) is 3. The van der Waals surface area contributed by atoms with Crippen molar-refractivity contribution in [2.24, 2.45) is 0 Å². The molecule has 96 valence electrons. The first-order valence-electron chi connectivity index (χ1n) is 5.82. The van der Waals surface area contributed by atoms with Gasteiger partial charge in [-0.1, -0.05) is 6.58 Å². The third-order valence-corrected chi connectivity index (χ3v) is 2.75. The molecule has 0 bridgehead atoms. The topological polar surface area (TPSA) is 35.5 Å². The molecule has 3 heteroatoms. The predicted molar refractivity (Wildman–Crippen MR) is 70.7 cm³/mol. The number of rotatable bonds is 6. The molecule has 0 radical (unpaired) electrons. The van der Waals surface area contributed by atoms with E-state index in [2.05, 4.69) is 37.6 Å². The van der Waals surface area contributed by atoms with Crippen LogP contribution in [-0.4, -0.2) is 47.8 Å². The van der Waals surface area contributed by atoms with E-state index in [9.17, 15) is 5.11 Å². The van der Waals surface area contributed by atoms with Gasteiger partial charge in [0, 0.05) is 24.2 Å². The van der Waals surface area contributed by atoms with Gasteiger partial charge in [-0.05, 0) is 47.2 Å². The highest BCUT2D eigenvalue weighted by Crippen LogP contribution is 2.12. The van der Waals surface area contributed by atoms with Crippen molar-refractivity contribution < 1.29 is 5.11 Å². The zero-order valence-electron chi connectivity index (χ0n) is 11.7. The summed E-state index contributed by atoms with van der Waals surface area (Å²) in [7, 11) is 2.01. The molecular formula is C13H28N2O. The molecule has 0 fully saturated rings.